The second-order valence-corrected chi connectivity index (χ2v) is 5.90. The normalized spacial score (nSPS) is 9.73. The zero-order valence-electron chi connectivity index (χ0n) is 13.2. The molecule has 0 aliphatic carbocycles. The number of carbonyl (C=O) groups excluding carboxylic acids is 2. The first-order chi connectivity index (χ1) is 10.3. The number of methoxy groups -OCH3 is 2. The minimum Gasteiger partial charge on any atom is -0.464 e. The van der Waals surface area contributed by atoms with E-state index in [2.05, 4.69) is 32.1 Å². The van der Waals surface area contributed by atoms with Crippen LogP contribution in [0.3, 0.4) is 0 Å². The van der Waals surface area contributed by atoms with Gasteiger partial charge in [-0.2, -0.15) is 0 Å². The number of esters is 2. The number of hydrogen-bond donors (Lipinski definition) is 0. The lowest BCUT2D eigenvalue weighted by molar-refractivity contribution is 0.0581. The van der Waals surface area contributed by atoms with Gasteiger partial charge in [0.2, 0.25) is 0 Å². The van der Waals surface area contributed by atoms with Gasteiger partial charge in [-0.25, -0.2) is 9.59 Å². The molecule has 0 bridgehead atoms. The van der Waals surface area contributed by atoms with Gasteiger partial charge in [0, 0.05) is 30.1 Å². The van der Waals surface area contributed by atoms with Crippen molar-refractivity contribution in [2.24, 2.45) is 14.1 Å². The van der Waals surface area contributed by atoms with Crippen molar-refractivity contribution >= 4 is 34.5 Å². The molecule has 0 atom stereocenters. The Morgan fingerprint density at radius 3 is 1.73 bits per heavy atom. The molecule has 0 aliphatic heterocycles. The van der Waals surface area contributed by atoms with E-state index in [0.29, 0.717) is 11.4 Å². The minimum atomic E-state index is -0.296. The summed E-state index contributed by atoms with van der Waals surface area (Å²) in [5, 5.41) is 0. The van der Waals surface area contributed by atoms with Gasteiger partial charge in [0.05, 0.1) is 14.2 Å². The molecular weight excluding hydrogens is 399 g/mol. The maximum absolute atomic E-state index is 11.0. The molecule has 0 radical (unpaired) electrons. The summed E-state index contributed by atoms with van der Waals surface area (Å²) < 4.78 is 13.7. The van der Waals surface area contributed by atoms with E-state index in [4.69, 9.17) is 0 Å². The zero-order chi connectivity index (χ0) is 16.9. The number of aromatic nitrogens is 2. The minimum absolute atomic E-state index is 0.291. The van der Waals surface area contributed by atoms with Crippen molar-refractivity contribution in [3.63, 3.8) is 0 Å². The lowest BCUT2D eigenvalue weighted by Crippen LogP contribution is -2.06. The molecule has 2 aromatic heterocycles. The van der Waals surface area contributed by atoms with Crippen molar-refractivity contribution in [1.82, 2.24) is 9.13 Å². The molecule has 22 heavy (non-hydrogen) atoms. The Kier molecular flexibility index (Phi) is 6.66. The van der Waals surface area contributed by atoms with E-state index in [-0.39, 0.29) is 11.9 Å². The van der Waals surface area contributed by atoms with E-state index in [1.165, 1.54) is 14.2 Å². The van der Waals surface area contributed by atoms with Crippen LogP contribution in [-0.4, -0.2) is 35.3 Å². The molecule has 0 aromatic carbocycles. The number of halogens is 1. The molecule has 0 N–H and O–H groups in total. The lowest BCUT2D eigenvalue weighted by atomic mass is 10.3. The summed E-state index contributed by atoms with van der Waals surface area (Å²) in [6.45, 7) is 1.94. The van der Waals surface area contributed by atoms with Gasteiger partial charge in [-0.3, -0.25) is 0 Å². The van der Waals surface area contributed by atoms with Crippen LogP contribution in [0.4, 0.5) is 0 Å². The van der Waals surface area contributed by atoms with Crippen molar-refractivity contribution in [2.45, 2.75) is 6.92 Å². The molecule has 2 rings (SSSR count). The highest BCUT2D eigenvalue weighted by Crippen LogP contribution is 2.10. The molecule has 0 fully saturated rings. The highest BCUT2D eigenvalue weighted by molar-refractivity contribution is 14.1. The first kappa shape index (κ1) is 18.3. The maximum atomic E-state index is 11.0. The Balaban J connectivity index is 0.000000220. The second kappa shape index (κ2) is 8.02. The fourth-order valence-electron chi connectivity index (χ4n) is 1.87. The van der Waals surface area contributed by atoms with Crippen molar-refractivity contribution in [3.8, 4) is 0 Å². The van der Waals surface area contributed by atoms with Crippen molar-refractivity contribution in [3.05, 3.63) is 45.0 Å². The number of ether oxygens (including phenoxy) is 2. The second-order valence-electron chi connectivity index (χ2n) is 4.65. The lowest BCUT2D eigenvalue weighted by Gasteiger charge is -1.98. The summed E-state index contributed by atoms with van der Waals surface area (Å²) in [5.74, 6) is -0.587. The van der Waals surface area contributed by atoms with Crippen molar-refractivity contribution in [1.29, 1.82) is 0 Å². The maximum Gasteiger partial charge on any atom is 0.354 e. The van der Waals surface area contributed by atoms with E-state index >= 15 is 0 Å². The summed E-state index contributed by atoms with van der Waals surface area (Å²) in [7, 11) is 6.39. The third-order valence-corrected chi connectivity index (χ3v) is 3.49. The molecule has 0 saturated heterocycles. The fourth-order valence-corrected chi connectivity index (χ4v) is 2.58. The highest BCUT2D eigenvalue weighted by atomic mass is 127. The molecule has 2 aromatic rings. The van der Waals surface area contributed by atoms with Crippen molar-refractivity contribution < 1.29 is 19.1 Å². The summed E-state index contributed by atoms with van der Waals surface area (Å²) in [6, 6.07) is 3.58. The van der Waals surface area contributed by atoms with Gasteiger partial charge in [0.15, 0.2) is 0 Å². The van der Waals surface area contributed by atoms with E-state index in [1.807, 2.05) is 33.4 Å². The number of hydrogen-bond acceptors (Lipinski definition) is 4. The van der Waals surface area contributed by atoms with Gasteiger partial charge in [-0.05, 0) is 47.2 Å². The topological polar surface area (TPSA) is 62.5 Å². The Bertz CT molecular complexity index is 615. The number of aryl methyl sites for hydroxylation is 3. The number of rotatable bonds is 2. The Labute approximate surface area is 143 Å². The van der Waals surface area contributed by atoms with Crippen LogP contribution in [0.5, 0.6) is 0 Å². The molecule has 120 valence electrons. The van der Waals surface area contributed by atoms with E-state index in [0.717, 1.165) is 9.13 Å². The zero-order valence-corrected chi connectivity index (χ0v) is 15.4. The average Bonchev–Trinajstić information content (AvgIpc) is 2.99. The smallest absolute Gasteiger partial charge is 0.354 e. The first-order valence-electron chi connectivity index (χ1n) is 6.41. The van der Waals surface area contributed by atoms with E-state index < -0.39 is 0 Å². The van der Waals surface area contributed by atoms with Gasteiger partial charge in [0.25, 0.3) is 0 Å². The van der Waals surface area contributed by atoms with Crippen LogP contribution in [-0.2, 0) is 23.6 Å². The molecule has 0 saturated carbocycles. The molecule has 0 aliphatic rings. The van der Waals surface area contributed by atoms with Crippen molar-refractivity contribution in [2.75, 3.05) is 14.2 Å². The van der Waals surface area contributed by atoms with Gasteiger partial charge in [-0.15, -0.1) is 0 Å². The van der Waals surface area contributed by atoms with Crippen LogP contribution in [0.2, 0.25) is 0 Å². The quantitative estimate of drug-likeness (QED) is 0.556. The monoisotopic (exact) mass is 418 g/mol. The van der Waals surface area contributed by atoms with Crippen LogP contribution in [0.1, 0.15) is 26.5 Å². The third-order valence-electron chi connectivity index (χ3n) is 2.90. The highest BCUT2D eigenvalue weighted by Gasteiger charge is 2.10. The average molecular weight is 418 g/mol. The van der Waals surface area contributed by atoms with Crippen LogP contribution in [0.25, 0.3) is 0 Å². The third kappa shape index (κ3) is 4.62. The standard InChI is InChI=1S/C8H11NO2.C7H8INO2/c1-6-4-7(8(10)11-3)9(2)5-6;1-9-4-5(8)3-6(9)7(10)11-2/h4-5H,1-3H3;3-4H,1-2H3. The SMILES string of the molecule is COC(=O)c1cc(C)cn1C.COC(=O)c1cc(I)cn1C. The summed E-state index contributed by atoms with van der Waals surface area (Å²) in [6.07, 6.45) is 3.75. The predicted octanol–water partition coefficient (Wildman–Crippen LogP) is 2.54. The first-order valence-corrected chi connectivity index (χ1v) is 7.49. The fraction of sp³-hybridized carbons (Fsp3) is 0.333. The van der Waals surface area contributed by atoms with Gasteiger partial charge < -0.3 is 18.6 Å². The Morgan fingerprint density at radius 2 is 1.41 bits per heavy atom. The molecule has 0 unspecified atom stereocenters. The number of carbonyl (C=O) groups is 2. The molecule has 7 heteroatoms. The summed E-state index contributed by atoms with van der Waals surface area (Å²) in [4.78, 5) is 22.0. The Morgan fingerprint density at radius 1 is 0.955 bits per heavy atom. The largest absolute Gasteiger partial charge is 0.464 e. The molecular formula is C15H19IN2O4. The molecule has 0 amide bonds. The molecule has 0 spiro atoms. The predicted molar refractivity (Wildman–Crippen MR) is 91.0 cm³/mol. The summed E-state index contributed by atoms with van der Waals surface area (Å²) in [5.41, 5.74) is 2.23. The van der Waals surface area contributed by atoms with E-state index in [1.54, 1.807) is 21.3 Å². The van der Waals surface area contributed by atoms with Crippen LogP contribution in [0, 0.1) is 10.5 Å². The van der Waals surface area contributed by atoms with Crippen LogP contribution in [0.15, 0.2) is 24.5 Å². The van der Waals surface area contributed by atoms with Gasteiger partial charge in [0.1, 0.15) is 11.4 Å². The Hall–Kier alpha value is -1.77. The van der Waals surface area contributed by atoms with E-state index in [9.17, 15) is 9.59 Å². The number of nitrogens with zero attached hydrogens (tertiary/aromatic N) is 2. The van der Waals surface area contributed by atoms with Gasteiger partial charge in [-0.1, -0.05) is 0 Å². The summed E-state index contributed by atoms with van der Waals surface area (Å²) >= 11 is 2.15. The molecule has 6 nitrogen and oxygen atoms in total. The van der Waals surface area contributed by atoms with Crippen LogP contribution >= 0.6 is 22.6 Å². The van der Waals surface area contributed by atoms with Crippen LogP contribution < -0.4 is 0 Å². The van der Waals surface area contributed by atoms with Gasteiger partial charge >= 0.3 is 11.9 Å². The molecule has 2 heterocycles.